The minimum absolute atomic E-state index is 0. The number of nitrogens with zero attached hydrogens (tertiary/aromatic N) is 6. The second kappa shape index (κ2) is 34.9. The molecule has 4 heterocycles. The van der Waals surface area contributed by atoms with Gasteiger partial charge < -0.3 is 48.9 Å². The normalized spacial score (nSPS) is 19.9. The van der Waals surface area contributed by atoms with Crippen molar-refractivity contribution >= 4 is 77.5 Å². The summed E-state index contributed by atoms with van der Waals surface area (Å²) in [4.78, 5) is 59.9. The molecule has 3 spiro atoms. The van der Waals surface area contributed by atoms with Crippen LogP contribution in [-0.2, 0) is 42.4 Å². The van der Waals surface area contributed by atoms with E-state index in [1.165, 1.54) is 25.3 Å². The van der Waals surface area contributed by atoms with Gasteiger partial charge in [-0.15, -0.1) is 17.9 Å². The van der Waals surface area contributed by atoms with Gasteiger partial charge in [0.25, 0.3) is 10.1 Å². The van der Waals surface area contributed by atoms with Gasteiger partial charge in [0.15, 0.2) is 0 Å². The van der Waals surface area contributed by atoms with Crippen molar-refractivity contribution in [3.05, 3.63) is 24.5 Å². The average molecular weight is 1240 g/mol. The Bertz CT molecular complexity index is 2190. The summed E-state index contributed by atoms with van der Waals surface area (Å²) >= 11 is 0. The predicted octanol–water partition coefficient (Wildman–Crippen LogP) is 9.85. The minimum atomic E-state index is -3.40. The van der Waals surface area contributed by atoms with Crippen LogP contribution in [0.4, 0.5) is 20.1 Å². The number of rotatable bonds is 6. The van der Waals surface area contributed by atoms with Crippen molar-refractivity contribution in [1.29, 1.82) is 0 Å². The fraction of sp³-hybridized carbons (Fsp3) is 0.836. The molecule has 3 saturated carbocycles. The smallest absolute Gasteiger partial charge is 0.410 e. The number of hydrogen-bond acceptors (Lipinski definition) is 17. The lowest BCUT2D eigenvalue weighted by atomic mass is 9.78. The molecule has 3 aliphatic carbocycles. The Morgan fingerprint density at radius 2 is 1.05 bits per heavy atom. The molecule has 0 bridgehead atoms. The minimum Gasteiger partial charge on any atom is -0.444 e. The van der Waals surface area contributed by atoms with Crippen LogP contribution in [0.15, 0.2) is 24.5 Å². The number of ketones is 1. The molecule has 6 aliphatic rings. The number of Topliss-reactive ketones (excluding diaryl/α,β-unsaturated/α-hetero) is 1. The number of aromatic nitrogens is 1. The van der Waals surface area contributed by atoms with Gasteiger partial charge in [-0.3, -0.25) is 14.0 Å². The van der Waals surface area contributed by atoms with Crippen molar-refractivity contribution in [3.63, 3.8) is 0 Å². The van der Waals surface area contributed by atoms with Gasteiger partial charge in [-0.2, -0.15) is 8.42 Å². The number of amides is 3. The van der Waals surface area contributed by atoms with E-state index in [1.807, 2.05) is 93.4 Å². The third kappa shape index (κ3) is 34.2. The summed E-state index contributed by atoms with van der Waals surface area (Å²) in [5.41, 5.74) is 0.138. The predicted molar refractivity (Wildman–Crippen MR) is 329 cm³/mol. The van der Waals surface area contributed by atoms with Crippen LogP contribution < -0.4 is 4.90 Å². The molecule has 3 amide bonds. The second-order valence-electron chi connectivity index (χ2n) is 24.8. The van der Waals surface area contributed by atoms with E-state index in [2.05, 4.69) is 59.2 Å². The molecule has 2 unspecified atom stereocenters. The first kappa shape index (κ1) is 79.4. The lowest BCUT2D eigenvalue weighted by Gasteiger charge is -2.48. The third-order valence-electron chi connectivity index (χ3n) is 12.8. The number of pyridine rings is 1. The highest BCUT2D eigenvalue weighted by molar-refractivity contribution is 8.13. The van der Waals surface area contributed by atoms with E-state index in [4.69, 9.17) is 23.5 Å². The summed E-state index contributed by atoms with van der Waals surface area (Å²) in [6.07, 6.45) is 11.6. The Morgan fingerprint density at radius 1 is 0.713 bits per heavy atom. The van der Waals surface area contributed by atoms with Gasteiger partial charge in [-0.05, 0) is 153 Å². The molecule has 25 heteroatoms. The highest BCUT2D eigenvalue weighted by atomic mass is 35.7. The summed E-state index contributed by atoms with van der Waals surface area (Å²) in [7, 11) is 6.59. The van der Waals surface area contributed by atoms with Gasteiger partial charge >= 0.3 is 18.3 Å². The van der Waals surface area contributed by atoms with Crippen LogP contribution in [0.5, 0.6) is 0 Å². The van der Waals surface area contributed by atoms with Crippen molar-refractivity contribution in [2.45, 2.75) is 197 Å². The zero-order chi connectivity index (χ0) is 61.6. The number of aliphatic hydroxyl groups excluding tert-OH is 2. The van der Waals surface area contributed by atoms with Crippen LogP contribution in [0.2, 0.25) is 0 Å². The first-order chi connectivity index (χ1) is 36.0. The maximum Gasteiger partial charge on any atom is 0.410 e. The molecule has 3 aliphatic heterocycles. The summed E-state index contributed by atoms with van der Waals surface area (Å²) in [6.45, 7) is 34.4. The van der Waals surface area contributed by atoms with Gasteiger partial charge in [0.05, 0.1) is 24.7 Å². The van der Waals surface area contributed by atoms with Crippen molar-refractivity contribution in [3.8, 4) is 0 Å². The summed E-state index contributed by atoms with van der Waals surface area (Å²) in [6, 6.07) is 3.94. The lowest BCUT2D eigenvalue weighted by Crippen LogP contribution is -2.58. The molecule has 7 rings (SSSR count). The van der Waals surface area contributed by atoms with Gasteiger partial charge in [0.1, 0.15) is 22.6 Å². The quantitative estimate of drug-likeness (QED) is 0.116. The third-order valence-corrected chi connectivity index (χ3v) is 13.4. The van der Waals surface area contributed by atoms with E-state index in [0.29, 0.717) is 51.2 Å². The molecule has 0 aromatic carbocycles. The highest BCUT2D eigenvalue weighted by Gasteiger charge is 2.53. The van der Waals surface area contributed by atoms with E-state index in [0.717, 1.165) is 64.1 Å². The van der Waals surface area contributed by atoms with Gasteiger partial charge in [0, 0.05) is 117 Å². The summed E-state index contributed by atoms with van der Waals surface area (Å²) < 4.78 is 62.0. The monoisotopic (exact) mass is 1240 g/mol. The molecule has 6 fully saturated rings. The zero-order valence-electron chi connectivity index (χ0n) is 51.1. The summed E-state index contributed by atoms with van der Waals surface area (Å²) in [5.74, 6) is 0.337. The SMILES string of the molecule is C.CC(C)(C)OC(=O)N1CC2(CCC(=O)C2)C1.CC(C)(C)OC(=O)N1CC2(CC[C@H](O)C2)C1.CC(C)(C)OC(=O)N1CC2(CC[C@H](OS(C)(=O)=O)C2)C1.CC(C)O.CCN(CC)CC.CN(C)c1ccncc1.CS(=O)(=O)Cl.PP. The van der Waals surface area contributed by atoms with Crippen LogP contribution in [0, 0.1) is 16.2 Å². The van der Waals surface area contributed by atoms with E-state index in [1.54, 1.807) is 40.9 Å². The molecule has 1 aromatic rings. The molecule has 470 valence electrons. The van der Waals surface area contributed by atoms with Gasteiger partial charge in [0.2, 0.25) is 9.05 Å². The van der Waals surface area contributed by atoms with Crippen molar-refractivity contribution in [1.82, 2.24) is 24.6 Å². The molecular formula is C55H107ClN6O14P2S2. The maximum atomic E-state index is 11.9. The van der Waals surface area contributed by atoms with Gasteiger partial charge in [-0.1, -0.05) is 28.2 Å². The first-order valence-corrected chi connectivity index (χ1v) is 34.4. The van der Waals surface area contributed by atoms with Crippen LogP contribution in [0.3, 0.4) is 0 Å². The highest BCUT2D eigenvalue weighted by Crippen LogP contribution is 2.48. The van der Waals surface area contributed by atoms with E-state index in [9.17, 15) is 41.1 Å². The number of aliphatic hydroxyl groups is 2. The second-order valence-corrected chi connectivity index (χ2v) is 29.4. The molecule has 1 aromatic heterocycles. The van der Waals surface area contributed by atoms with E-state index < -0.39 is 36.0 Å². The van der Waals surface area contributed by atoms with E-state index >= 15 is 0 Å². The topological polar surface area (TPSA) is 243 Å². The number of anilines is 1. The van der Waals surface area contributed by atoms with E-state index in [-0.39, 0.29) is 60.3 Å². The van der Waals surface area contributed by atoms with Crippen LogP contribution >= 0.6 is 28.5 Å². The number of carbonyl (C=O) groups excluding carboxylic acids is 4. The fourth-order valence-corrected chi connectivity index (χ4v) is 10.1. The lowest BCUT2D eigenvalue weighted by molar-refractivity contribution is -0.119. The number of halogens is 1. The number of likely N-dealkylation sites (tertiary alicyclic amines) is 3. The van der Waals surface area contributed by atoms with Gasteiger partial charge in [-0.25, -0.2) is 22.8 Å². The molecular weight excluding hydrogens is 1130 g/mol. The molecule has 80 heavy (non-hydrogen) atoms. The van der Waals surface area contributed by atoms with Crippen LogP contribution in [0.1, 0.15) is 162 Å². The average Bonchev–Trinajstić information content (AvgIpc) is 3.98. The first-order valence-electron chi connectivity index (χ1n) is 27.2. The largest absolute Gasteiger partial charge is 0.444 e. The number of ether oxygens (including phenoxy) is 3. The Labute approximate surface area is 492 Å². The zero-order valence-corrected chi connectivity index (χ0v) is 55.8. The molecule has 3 saturated heterocycles. The Balaban J connectivity index is 0. The molecule has 0 radical (unpaired) electrons. The Kier molecular flexibility index (Phi) is 34.7. The molecule has 2 N–H and O–H groups in total. The number of hydrogen-bond donors (Lipinski definition) is 2. The van der Waals surface area contributed by atoms with Crippen LogP contribution in [0.25, 0.3) is 0 Å². The van der Waals surface area contributed by atoms with Crippen molar-refractivity contribution < 1.29 is 64.6 Å². The Hall–Kier alpha value is -2.68. The Morgan fingerprint density at radius 3 is 1.30 bits per heavy atom. The molecule has 4 atom stereocenters. The van der Waals surface area contributed by atoms with Crippen LogP contribution in [-0.4, -0.2) is 196 Å². The number of carbonyl (C=O) groups is 4. The fourth-order valence-electron chi connectivity index (χ4n) is 9.47. The summed E-state index contributed by atoms with van der Waals surface area (Å²) in [5, 5.41) is 17.6. The van der Waals surface area contributed by atoms with Crippen molar-refractivity contribution in [2.24, 2.45) is 16.2 Å². The molecule has 20 nitrogen and oxygen atoms in total. The standard InChI is InChI=1S/C13H23NO5S.C12H21NO3.C12H19NO3.C7H10N2.C6H15N.C3H8O.CH3ClO2S.CH4.H4P2/c1-12(2,3)18-11(15)14-8-13(9-14)6-5-10(7-13)19-20(4,16)17;2*1-11(2,3)16-10(15)13-7-12(8-13)5-4-9(14)6-12;1-9(2)7-3-5-8-6-4-7;1-4-7(5-2)6-3;1-3(2)4;1-5(2,3)4;;1-2/h10H,5-9H2,1-4H3;9,14H,4-8H2,1-3H3;4-8H2,1-3H3;3-6H,1-2H3;4-6H2,1-3H3;3-4H,1-2H3;1H3;1H4;1-2H2/t10-;9-;;;;;;;/m00......./s1. The maximum absolute atomic E-state index is 11.9. The van der Waals surface area contributed by atoms with Crippen molar-refractivity contribution in [2.75, 3.05) is 90.4 Å².